The first-order valence-electron chi connectivity index (χ1n) is 7.42. The number of carbonyl (C=O) groups excluding carboxylic acids is 1. The summed E-state index contributed by atoms with van der Waals surface area (Å²) in [7, 11) is 0. The largest absolute Gasteiger partial charge is 0.342 e. The predicted octanol–water partition coefficient (Wildman–Crippen LogP) is 2.64. The van der Waals surface area contributed by atoms with Crippen LogP contribution in [-0.4, -0.2) is 23.9 Å². The molecular weight excluding hydrogens is 262 g/mol. The minimum atomic E-state index is -0.656. The second kappa shape index (κ2) is 7.45. The van der Waals surface area contributed by atoms with Crippen molar-refractivity contribution in [1.29, 1.82) is 10.5 Å². The number of carbonyl (C=O) groups is 1. The molecule has 0 N–H and O–H groups in total. The van der Waals surface area contributed by atoms with E-state index in [1.165, 1.54) is 0 Å². The van der Waals surface area contributed by atoms with Crippen LogP contribution in [0.3, 0.4) is 0 Å². The average Bonchev–Trinajstić information content (AvgIpc) is 2.81. The normalized spacial score (nSPS) is 16.4. The van der Waals surface area contributed by atoms with E-state index < -0.39 is 5.92 Å². The summed E-state index contributed by atoms with van der Waals surface area (Å²) in [5.41, 5.74) is 1.43. The molecule has 0 bridgehead atoms. The Kier molecular flexibility index (Phi) is 5.35. The number of benzene rings is 1. The van der Waals surface area contributed by atoms with Gasteiger partial charge in [-0.25, -0.2) is 0 Å². The maximum Gasteiger partial charge on any atom is 0.240 e. The summed E-state index contributed by atoms with van der Waals surface area (Å²) >= 11 is 0. The molecule has 1 unspecified atom stereocenters. The molecule has 108 valence electrons. The van der Waals surface area contributed by atoms with Crippen molar-refractivity contribution in [3.05, 3.63) is 35.4 Å². The molecule has 0 radical (unpaired) electrons. The second-order valence-electron chi connectivity index (χ2n) is 5.44. The van der Waals surface area contributed by atoms with E-state index in [9.17, 15) is 10.1 Å². The molecule has 1 heterocycles. The lowest BCUT2D eigenvalue weighted by Crippen LogP contribution is -2.37. The Hall–Kier alpha value is -2.33. The van der Waals surface area contributed by atoms with E-state index in [-0.39, 0.29) is 5.91 Å². The standard InChI is InChI=1S/C17H19N3O/c18-12-15-7-5-6-14(10-15)11-16(13-19)17(21)20-8-3-1-2-4-9-20/h5-7,10,16H,1-4,8-9,11H2. The summed E-state index contributed by atoms with van der Waals surface area (Å²) in [6.07, 6.45) is 4.74. The fourth-order valence-electron chi connectivity index (χ4n) is 2.70. The highest BCUT2D eigenvalue weighted by molar-refractivity contribution is 5.81. The maximum absolute atomic E-state index is 12.5. The van der Waals surface area contributed by atoms with Crippen LogP contribution < -0.4 is 0 Å². The van der Waals surface area contributed by atoms with E-state index in [2.05, 4.69) is 12.1 Å². The Morgan fingerprint density at radius 2 is 1.90 bits per heavy atom. The molecule has 0 aliphatic carbocycles. The molecule has 1 aromatic rings. The van der Waals surface area contributed by atoms with Crippen LogP contribution in [0, 0.1) is 28.6 Å². The molecule has 1 fully saturated rings. The van der Waals surface area contributed by atoms with Crippen molar-refractivity contribution < 1.29 is 4.79 Å². The van der Waals surface area contributed by atoms with Gasteiger partial charge in [-0.1, -0.05) is 25.0 Å². The molecule has 2 rings (SSSR count). The first-order valence-corrected chi connectivity index (χ1v) is 7.42. The zero-order valence-corrected chi connectivity index (χ0v) is 12.1. The summed E-state index contributed by atoms with van der Waals surface area (Å²) in [4.78, 5) is 14.3. The fourth-order valence-corrected chi connectivity index (χ4v) is 2.70. The molecule has 1 aliphatic heterocycles. The van der Waals surface area contributed by atoms with E-state index in [1.807, 2.05) is 11.0 Å². The van der Waals surface area contributed by atoms with Gasteiger partial charge < -0.3 is 4.90 Å². The summed E-state index contributed by atoms with van der Waals surface area (Å²) in [5, 5.41) is 18.2. The Morgan fingerprint density at radius 3 is 2.52 bits per heavy atom. The minimum Gasteiger partial charge on any atom is -0.342 e. The van der Waals surface area contributed by atoms with Gasteiger partial charge in [0.25, 0.3) is 0 Å². The summed E-state index contributed by atoms with van der Waals surface area (Å²) in [6.45, 7) is 1.52. The lowest BCUT2D eigenvalue weighted by Gasteiger charge is -2.23. The third kappa shape index (κ3) is 4.07. The van der Waals surface area contributed by atoms with Crippen LogP contribution in [0.25, 0.3) is 0 Å². The Labute approximate surface area is 125 Å². The second-order valence-corrected chi connectivity index (χ2v) is 5.44. The van der Waals surface area contributed by atoms with Gasteiger partial charge in [0.2, 0.25) is 5.91 Å². The van der Waals surface area contributed by atoms with E-state index in [0.29, 0.717) is 12.0 Å². The lowest BCUT2D eigenvalue weighted by atomic mass is 9.98. The highest BCUT2D eigenvalue weighted by atomic mass is 16.2. The van der Waals surface area contributed by atoms with Crippen LogP contribution in [0.15, 0.2) is 24.3 Å². The van der Waals surface area contributed by atoms with E-state index in [0.717, 1.165) is 44.3 Å². The first-order chi connectivity index (χ1) is 10.2. The van der Waals surface area contributed by atoms with Crippen LogP contribution in [0.1, 0.15) is 36.8 Å². The van der Waals surface area contributed by atoms with Crippen LogP contribution >= 0.6 is 0 Å². The van der Waals surface area contributed by atoms with Gasteiger partial charge in [0, 0.05) is 13.1 Å². The van der Waals surface area contributed by atoms with Crippen LogP contribution in [0.5, 0.6) is 0 Å². The van der Waals surface area contributed by atoms with Gasteiger partial charge in [0.15, 0.2) is 0 Å². The van der Waals surface area contributed by atoms with Gasteiger partial charge in [-0.3, -0.25) is 4.79 Å². The molecular formula is C17H19N3O. The summed E-state index contributed by atoms with van der Waals surface area (Å²) in [6, 6.07) is 11.3. The van der Waals surface area contributed by atoms with E-state index >= 15 is 0 Å². The highest BCUT2D eigenvalue weighted by Crippen LogP contribution is 2.16. The van der Waals surface area contributed by atoms with Crippen molar-refractivity contribution in [2.45, 2.75) is 32.1 Å². The van der Waals surface area contributed by atoms with Crippen LogP contribution in [-0.2, 0) is 11.2 Å². The molecule has 1 saturated heterocycles. The first kappa shape index (κ1) is 15.1. The molecule has 0 spiro atoms. The van der Waals surface area contributed by atoms with Crippen molar-refractivity contribution >= 4 is 5.91 Å². The Morgan fingerprint density at radius 1 is 1.19 bits per heavy atom. The monoisotopic (exact) mass is 281 g/mol. The summed E-state index contributed by atoms with van der Waals surface area (Å²) in [5.74, 6) is -0.723. The smallest absolute Gasteiger partial charge is 0.240 e. The van der Waals surface area contributed by atoms with Gasteiger partial charge >= 0.3 is 0 Å². The molecule has 1 amide bonds. The number of nitrogens with zero attached hydrogens (tertiary/aromatic N) is 3. The predicted molar refractivity (Wildman–Crippen MR) is 79.0 cm³/mol. The molecule has 1 atom stereocenters. The Balaban J connectivity index is 2.06. The molecule has 4 heteroatoms. The zero-order valence-electron chi connectivity index (χ0n) is 12.1. The molecule has 21 heavy (non-hydrogen) atoms. The van der Waals surface area contributed by atoms with Crippen LogP contribution in [0.2, 0.25) is 0 Å². The van der Waals surface area contributed by atoms with Gasteiger partial charge in [-0.2, -0.15) is 10.5 Å². The Bertz CT molecular complexity index is 574. The number of nitriles is 2. The lowest BCUT2D eigenvalue weighted by molar-refractivity contribution is -0.133. The van der Waals surface area contributed by atoms with Gasteiger partial charge in [-0.15, -0.1) is 0 Å². The number of amides is 1. The minimum absolute atomic E-state index is 0.0678. The van der Waals surface area contributed by atoms with Gasteiger partial charge in [0.05, 0.1) is 17.7 Å². The number of likely N-dealkylation sites (tertiary alicyclic amines) is 1. The number of rotatable bonds is 3. The third-order valence-electron chi connectivity index (χ3n) is 3.87. The van der Waals surface area contributed by atoms with Crippen molar-refractivity contribution in [1.82, 2.24) is 4.90 Å². The molecule has 1 aromatic carbocycles. The highest BCUT2D eigenvalue weighted by Gasteiger charge is 2.25. The quantitative estimate of drug-likeness (QED) is 0.855. The van der Waals surface area contributed by atoms with Crippen molar-refractivity contribution in [3.63, 3.8) is 0 Å². The van der Waals surface area contributed by atoms with Gasteiger partial charge in [-0.05, 0) is 37.0 Å². The molecule has 0 aromatic heterocycles. The zero-order chi connectivity index (χ0) is 15.1. The molecule has 4 nitrogen and oxygen atoms in total. The topological polar surface area (TPSA) is 67.9 Å². The fraction of sp³-hybridized carbons (Fsp3) is 0.471. The van der Waals surface area contributed by atoms with E-state index in [1.54, 1.807) is 18.2 Å². The maximum atomic E-state index is 12.5. The number of hydrogen-bond donors (Lipinski definition) is 0. The molecule has 0 saturated carbocycles. The SMILES string of the molecule is N#Cc1cccc(CC(C#N)C(=O)N2CCCCCC2)c1. The van der Waals surface area contributed by atoms with Gasteiger partial charge in [0.1, 0.15) is 5.92 Å². The van der Waals surface area contributed by atoms with Crippen molar-refractivity contribution in [2.75, 3.05) is 13.1 Å². The van der Waals surface area contributed by atoms with Crippen molar-refractivity contribution in [3.8, 4) is 12.1 Å². The van der Waals surface area contributed by atoms with Crippen molar-refractivity contribution in [2.24, 2.45) is 5.92 Å². The number of hydrogen-bond acceptors (Lipinski definition) is 3. The van der Waals surface area contributed by atoms with E-state index in [4.69, 9.17) is 5.26 Å². The van der Waals surface area contributed by atoms with Crippen LogP contribution in [0.4, 0.5) is 0 Å². The third-order valence-corrected chi connectivity index (χ3v) is 3.87. The molecule has 1 aliphatic rings. The summed E-state index contributed by atoms with van der Waals surface area (Å²) < 4.78 is 0. The average molecular weight is 281 g/mol.